The third-order valence-corrected chi connectivity index (χ3v) is 4.32. The molecule has 0 spiro atoms. The Labute approximate surface area is 113 Å². The van der Waals surface area contributed by atoms with Crippen LogP contribution in [0.3, 0.4) is 0 Å². The van der Waals surface area contributed by atoms with Gasteiger partial charge in [0, 0.05) is 21.7 Å². The zero-order valence-electron chi connectivity index (χ0n) is 9.56. The highest BCUT2D eigenvalue weighted by Crippen LogP contribution is 2.32. The van der Waals surface area contributed by atoms with Gasteiger partial charge >= 0.3 is 0 Å². The molecule has 0 aliphatic carbocycles. The fourth-order valence-electron chi connectivity index (χ4n) is 1.59. The van der Waals surface area contributed by atoms with E-state index in [-0.39, 0.29) is 6.04 Å². The summed E-state index contributed by atoms with van der Waals surface area (Å²) < 4.78 is 1.13. The van der Waals surface area contributed by atoms with E-state index in [1.54, 1.807) is 23.7 Å². The molecule has 17 heavy (non-hydrogen) atoms. The first kappa shape index (κ1) is 12.7. The molecule has 0 bridgehead atoms. The minimum atomic E-state index is 0.123. The summed E-state index contributed by atoms with van der Waals surface area (Å²) in [6.45, 7) is 3.12. The minimum Gasteiger partial charge on any atom is -0.304 e. The predicted octanol–water partition coefficient (Wildman–Crippen LogP) is 3.39. The number of nitrogens with one attached hydrogen (secondary N) is 1. The van der Waals surface area contributed by atoms with Crippen LogP contribution in [0.2, 0.25) is 0 Å². The van der Waals surface area contributed by atoms with Crippen LogP contribution in [0.4, 0.5) is 0 Å². The van der Waals surface area contributed by atoms with Gasteiger partial charge in [0.15, 0.2) is 0 Å². The van der Waals surface area contributed by atoms with Crippen LogP contribution in [0.5, 0.6) is 0 Å². The molecule has 1 N–H and O–H groups in total. The molecule has 3 nitrogen and oxygen atoms in total. The third-order valence-electron chi connectivity index (χ3n) is 2.38. The standard InChI is InChI=1S/C12H14BrN3S/c1-2-4-16-11(10-8-14-5-6-15-10)12-9(13)3-7-17-12/h3,5-8,11,16H,2,4H2,1H3. The van der Waals surface area contributed by atoms with E-state index in [1.165, 1.54) is 4.88 Å². The number of hydrogen-bond acceptors (Lipinski definition) is 4. The molecule has 0 aliphatic heterocycles. The molecule has 0 aromatic carbocycles. The molecular formula is C12H14BrN3S. The van der Waals surface area contributed by atoms with Crippen LogP contribution < -0.4 is 5.32 Å². The van der Waals surface area contributed by atoms with Crippen LogP contribution in [-0.2, 0) is 0 Å². The lowest BCUT2D eigenvalue weighted by Crippen LogP contribution is -2.23. The van der Waals surface area contributed by atoms with Crippen molar-refractivity contribution in [3.05, 3.63) is 45.1 Å². The Bertz CT molecular complexity index is 458. The van der Waals surface area contributed by atoms with Crippen molar-refractivity contribution in [2.45, 2.75) is 19.4 Å². The first-order valence-electron chi connectivity index (χ1n) is 5.55. The first-order valence-corrected chi connectivity index (χ1v) is 7.22. The second-order valence-electron chi connectivity index (χ2n) is 3.65. The highest BCUT2D eigenvalue weighted by molar-refractivity contribution is 9.10. The largest absolute Gasteiger partial charge is 0.304 e. The summed E-state index contributed by atoms with van der Waals surface area (Å²) in [7, 11) is 0. The van der Waals surface area contributed by atoms with Crippen molar-refractivity contribution < 1.29 is 0 Å². The van der Waals surface area contributed by atoms with Gasteiger partial charge in [-0.15, -0.1) is 11.3 Å². The van der Waals surface area contributed by atoms with E-state index in [2.05, 4.69) is 49.6 Å². The summed E-state index contributed by atoms with van der Waals surface area (Å²) in [6, 6.07) is 2.19. The van der Waals surface area contributed by atoms with E-state index in [1.807, 2.05) is 6.20 Å². The number of thiophene rings is 1. The molecule has 0 saturated heterocycles. The number of aromatic nitrogens is 2. The van der Waals surface area contributed by atoms with Crippen molar-refractivity contribution in [2.75, 3.05) is 6.54 Å². The van der Waals surface area contributed by atoms with Crippen LogP contribution in [0, 0.1) is 0 Å². The van der Waals surface area contributed by atoms with Gasteiger partial charge in [0.2, 0.25) is 0 Å². The van der Waals surface area contributed by atoms with Crippen LogP contribution in [0.1, 0.15) is 30.0 Å². The first-order chi connectivity index (χ1) is 8.33. The fraction of sp³-hybridized carbons (Fsp3) is 0.333. The van der Waals surface area contributed by atoms with Crippen molar-refractivity contribution in [2.24, 2.45) is 0 Å². The zero-order valence-corrected chi connectivity index (χ0v) is 12.0. The average molecular weight is 312 g/mol. The van der Waals surface area contributed by atoms with Gasteiger partial charge in [0.25, 0.3) is 0 Å². The lowest BCUT2D eigenvalue weighted by atomic mass is 10.1. The molecular weight excluding hydrogens is 298 g/mol. The Morgan fingerprint density at radius 2 is 2.35 bits per heavy atom. The number of halogens is 1. The molecule has 2 rings (SSSR count). The molecule has 90 valence electrons. The van der Waals surface area contributed by atoms with Crippen LogP contribution in [0.25, 0.3) is 0 Å². The minimum absolute atomic E-state index is 0.123. The molecule has 1 unspecified atom stereocenters. The smallest absolute Gasteiger partial charge is 0.0872 e. The molecule has 0 radical (unpaired) electrons. The van der Waals surface area contributed by atoms with Crippen LogP contribution in [0.15, 0.2) is 34.5 Å². The van der Waals surface area contributed by atoms with Crippen molar-refractivity contribution in [3.63, 3.8) is 0 Å². The van der Waals surface area contributed by atoms with Gasteiger partial charge in [0.1, 0.15) is 0 Å². The maximum Gasteiger partial charge on any atom is 0.0872 e. The highest BCUT2D eigenvalue weighted by atomic mass is 79.9. The topological polar surface area (TPSA) is 37.8 Å². The van der Waals surface area contributed by atoms with Gasteiger partial charge in [0.05, 0.1) is 17.9 Å². The Morgan fingerprint density at radius 1 is 1.47 bits per heavy atom. The molecule has 2 aromatic heterocycles. The molecule has 5 heteroatoms. The molecule has 0 amide bonds. The van der Waals surface area contributed by atoms with E-state index < -0.39 is 0 Å². The second-order valence-corrected chi connectivity index (χ2v) is 5.45. The molecule has 2 aromatic rings. The SMILES string of the molecule is CCCNC(c1cnccn1)c1sccc1Br. The van der Waals surface area contributed by atoms with Gasteiger partial charge in [-0.1, -0.05) is 6.92 Å². The van der Waals surface area contributed by atoms with Crippen molar-refractivity contribution in [3.8, 4) is 0 Å². The summed E-state index contributed by atoms with van der Waals surface area (Å²) in [6.07, 6.45) is 6.35. The van der Waals surface area contributed by atoms with E-state index in [4.69, 9.17) is 0 Å². The van der Waals surface area contributed by atoms with Crippen molar-refractivity contribution >= 4 is 27.3 Å². The summed E-state index contributed by atoms with van der Waals surface area (Å²) in [4.78, 5) is 9.78. The summed E-state index contributed by atoms with van der Waals surface area (Å²) in [5, 5.41) is 5.59. The van der Waals surface area contributed by atoms with E-state index >= 15 is 0 Å². The third kappa shape index (κ3) is 3.12. The van der Waals surface area contributed by atoms with Gasteiger partial charge < -0.3 is 5.32 Å². The Morgan fingerprint density at radius 3 is 2.94 bits per heavy atom. The molecule has 1 atom stereocenters. The summed E-state index contributed by atoms with van der Waals surface area (Å²) in [5.74, 6) is 0. The Balaban J connectivity index is 2.29. The van der Waals surface area contributed by atoms with Crippen LogP contribution in [-0.4, -0.2) is 16.5 Å². The maximum absolute atomic E-state index is 4.39. The van der Waals surface area contributed by atoms with Crippen molar-refractivity contribution in [1.82, 2.24) is 15.3 Å². The predicted molar refractivity (Wildman–Crippen MR) is 74.2 cm³/mol. The lowest BCUT2D eigenvalue weighted by Gasteiger charge is -2.16. The van der Waals surface area contributed by atoms with Gasteiger partial charge in [-0.2, -0.15) is 0 Å². The van der Waals surface area contributed by atoms with E-state index in [0.717, 1.165) is 23.1 Å². The average Bonchev–Trinajstić information content (AvgIpc) is 2.78. The number of nitrogens with zero attached hydrogens (tertiary/aromatic N) is 2. The van der Waals surface area contributed by atoms with Gasteiger partial charge in [-0.05, 0) is 40.3 Å². The van der Waals surface area contributed by atoms with E-state index in [0.29, 0.717) is 0 Å². The normalized spacial score (nSPS) is 12.6. The molecule has 2 heterocycles. The van der Waals surface area contributed by atoms with Crippen LogP contribution >= 0.6 is 27.3 Å². The molecule has 0 fully saturated rings. The quantitative estimate of drug-likeness (QED) is 0.919. The summed E-state index contributed by atoms with van der Waals surface area (Å²) >= 11 is 5.30. The second kappa shape index (κ2) is 6.23. The fourth-order valence-corrected chi connectivity index (χ4v) is 3.28. The monoisotopic (exact) mass is 311 g/mol. The maximum atomic E-state index is 4.39. The molecule has 0 aliphatic rings. The summed E-state index contributed by atoms with van der Waals surface area (Å²) in [5.41, 5.74) is 0.962. The van der Waals surface area contributed by atoms with Gasteiger partial charge in [-0.3, -0.25) is 9.97 Å². The number of rotatable bonds is 5. The van der Waals surface area contributed by atoms with Gasteiger partial charge in [-0.25, -0.2) is 0 Å². The highest BCUT2D eigenvalue weighted by Gasteiger charge is 2.18. The lowest BCUT2D eigenvalue weighted by molar-refractivity contribution is 0.590. The van der Waals surface area contributed by atoms with E-state index in [9.17, 15) is 0 Å². The Kier molecular flexibility index (Phi) is 4.65. The Hall–Kier alpha value is -0.780. The zero-order chi connectivity index (χ0) is 12.1. The van der Waals surface area contributed by atoms with Crippen molar-refractivity contribution in [1.29, 1.82) is 0 Å². The number of hydrogen-bond donors (Lipinski definition) is 1. The molecule has 0 saturated carbocycles.